The van der Waals surface area contributed by atoms with Crippen LogP contribution < -0.4 is 5.73 Å². The summed E-state index contributed by atoms with van der Waals surface area (Å²) < 4.78 is 0. The lowest BCUT2D eigenvalue weighted by Crippen LogP contribution is -2.48. The van der Waals surface area contributed by atoms with Gasteiger partial charge in [-0.05, 0) is 37.0 Å². The highest BCUT2D eigenvalue weighted by atomic mass is 35.5. The largest absolute Gasteiger partial charge is 0.391 e. The Morgan fingerprint density at radius 2 is 1.94 bits per heavy atom. The fourth-order valence-corrected chi connectivity index (χ4v) is 3.52. The van der Waals surface area contributed by atoms with Gasteiger partial charge in [-0.3, -0.25) is 4.90 Å². The van der Waals surface area contributed by atoms with Gasteiger partial charge < -0.3 is 10.8 Å². The lowest BCUT2D eigenvalue weighted by molar-refractivity contribution is 0.0709. The van der Waals surface area contributed by atoms with E-state index in [4.69, 9.17) is 17.3 Å². The maximum absolute atomic E-state index is 10.1. The summed E-state index contributed by atoms with van der Waals surface area (Å²) in [5, 5.41) is 10.9. The molecule has 2 saturated heterocycles. The minimum Gasteiger partial charge on any atom is -0.391 e. The van der Waals surface area contributed by atoms with Crippen molar-refractivity contribution in [3.8, 4) is 0 Å². The van der Waals surface area contributed by atoms with Crippen molar-refractivity contribution in [2.75, 3.05) is 0 Å². The molecule has 2 aliphatic rings. The summed E-state index contributed by atoms with van der Waals surface area (Å²) in [5.41, 5.74) is 7.29. The van der Waals surface area contributed by atoms with Crippen LogP contribution in [0.3, 0.4) is 0 Å². The molecular weight excluding hydrogens is 248 g/mol. The SMILES string of the molecule is NC1CC2CC(O)C(C1)N2Cc1ccc(Cl)cc1. The predicted octanol–water partition coefficient (Wildman–Crippen LogP) is 1.76. The summed E-state index contributed by atoms with van der Waals surface area (Å²) >= 11 is 5.90. The molecule has 18 heavy (non-hydrogen) atoms. The highest BCUT2D eigenvalue weighted by molar-refractivity contribution is 6.30. The van der Waals surface area contributed by atoms with Gasteiger partial charge in [0.25, 0.3) is 0 Å². The van der Waals surface area contributed by atoms with E-state index in [9.17, 15) is 5.11 Å². The van der Waals surface area contributed by atoms with Crippen molar-refractivity contribution in [3.05, 3.63) is 34.9 Å². The molecule has 98 valence electrons. The molecule has 2 aliphatic heterocycles. The number of nitrogens with zero attached hydrogens (tertiary/aromatic N) is 1. The monoisotopic (exact) mass is 266 g/mol. The topological polar surface area (TPSA) is 49.5 Å². The first-order valence-electron chi connectivity index (χ1n) is 6.57. The van der Waals surface area contributed by atoms with Gasteiger partial charge in [-0.2, -0.15) is 0 Å². The van der Waals surface area contributed by atoms with E-state index in [2.05, 4.69) is 17.0 Å². The van der Waals surface area contributed by atoms with E-state index in [1.165, 1.54) is 5.56 Å². The van der Waals surface area contributed by atoms with Gasteiger partial charge in [0.2, 0.25) is 0 Å². The maximum Gasteiger partial charge on any atom is 0.0711 e. The second-order valence-corrected chi connectivity index (χ2v) is 5.99. The number of piperidine rings is 1. The van der Waals surface area contributed by atoms with Crippen LogP contribution in [0.5, 0.6) is 0 Å². The third-order valence-electron chi connectivity index (χ3n) is 4.25. The average Bonchev–Trinajstić information content (AvgIpc) is 2.52. The van der Waals surface area contributed by atoms with E-state index >= 15 is 0 Å². The molecule has 2 bridgehead atoms. The number of nitrogens with two attached hydrogens (primary N) is 1. The molecule has 0 spiro atoms. The summed E-state index contributed by atoms with van der Waals surface area (Å²) in [6.07, 6.45) is 2.56. The third-order valence-corrected chi connectivity index (χ3v) is 4.50. The van der Waals surface area contributed by atoms with Gasteiger partial charge in [0, 0.05) is 29.7 Å². The van der Waals surface area contributed by atoms with E-state index < -0.39 is 0 Å². The summed E-state index contributed by atoms with van der Waals surface area (Å²) in [4.78, 5) is 2.41. The average molecular weight is 267 g/mol. The van der Waals surface area contributed by atoms with Crippen molar-refractivity contribution in [3.63, 3.8) is 0 Å². The fraction of sp³-hybridized carbons (Fsp3) is 0.571. The van der Waals surface area contributed by atoms with Gasteiger partial charge in [-0.15, -0.1) is 0 Å². The fourth-order valence-electron chi connectivity index (χ4n) is 3.39. The predicted molar refractivity (Wildman–Crippen MR) is 72.4 cm³/mol. The molecule has 0 aromatic heterocycles. The number of hydrogen-bond donors (Lipinski definition) is 2. The summed E-state index contributed by atoms with van der Waals surface area (Å²) in [7, 11) is 0. The highest BCUT2D eigenvalue weighted by Crippen LogP contribution is 2.36. The zero-order valence-electron chi connectivity index (χ0n) is 10.3. The van der Waals surface area contributed by atoms with E-state index in [1.54, 1.807) is 0 Å². The molecule has 1 aromatic rings. The maximum atomic E-state index is 10.1. The van der Waals surface area contributed by atoms with E-state index in [1.807, 2.05) is 12.1 Å². The van der Waals surface area contributed by atoms with Crippen LogP contribution in [-0.4, -0.2) is 34.2 Å². The van der Waals surface area contributed by atoms with Crippen LogP contribution in [0.2, 0.25) is 5.02 Å². The highest BCUT2D eigenvalue weighted by Gasteiger charge is 2.44. The molecule has 2 fully saturated rings. The molecular formula is C14H19ClN2O. The first kappa shape index (κ1) is 12.4. The molecule has 0 amide bonds. The second-order valence-electron chi connectivity index (χ2n) is 5.55. The summed E-state index contributed by atoms with van der Waals surface area (Å²) in [5.74, 6) is 0. The molecule has 3 nitrogen and oxygen atoms in total. The van der Waals surface area contributed by atoms with Crippen molar-refractivity contribution in [1.82, 2.24) is 4.90 Å². The molecule has 3 rings (SSSR count). The molecule has 3 N–H and O–H groups in total. The van der Waals surface area contributed by atoms with Crippen LogP contribution in [0.1, 0.15) is 24.8 Å². The van der Waals surface area contributed by atoms with E-state index in [0.29, 0.717) is 6.04 Å². The number of benzene rings is 1. The molecule has 0 saturated carbocycles. The van der Waals surface area contributed by atoms with Gasteiger partial charge in [-0.25, -0.2) is 0 Å². The molecule has 0 radical (unpaired) electrons. The Morgan fingerprint density at radius 1 is 1.22 bits per heavy atom. The number of halogens is 1. The van der Waals surface area contributed by atoms with Gasteiger partial charge in [0.15, 0.2) is 0 Å². The Hall–Kier alpha value is -0.610. The van der Waals surface area contributed by atoms with Gasteiger partial charge >= 0.3 is 0 Å². The lowest BCUT2D eigenvalue weighted by Gasteiger charge is -2.37. The van der Waals surface area contributed by atoms with Crippen molar-refractivity contribution in [2.24, 2.45) is 5.73 Å². The first-order chi connectivity index (χ1) is 8.63. The Labute approximate surface area is 113 Å². The molecule has 1 aromatic carbocycles. The minimum atomic E-state index is -0.212. The minimum absolute atomic E-state index is 0.212. The van der Waals surface area contributed by atoms with E-state index in [0.717, 1.165) is 30.8 Å². The zero-order valence-corrected chi connectivity index (χ0v) is 11.1. The molecule has 4 heteroatoms. The van der Waals surface area contributed by atoms with Crippen LogP contribution in [0.15, 0.2) is 24.3 Å². The smallest absolute Gasteiger partial charge is 0.0711 e. The van der Waals surface area contributed by atoms with Crippen LogP contribution in [-0.2, 0) is 6.54 Å². The van der Waals surface area contributed by atoms with Crippen LogP contribution in [0, 0.1) is 0 Å². The quantitative estimate of drug-likeness (QED) is 0.858. The van der Waals surface area contributed by atoms with Gasteiger partial charge in [0.1, 0.15) is 0 Å². The van der Waals surface area contributed by atoms with E-state index in [-0.39, 0.29) is 18.2 Å². The second kappa shape index (κ2) is 4.82. The van der Waals surface area contributed by atoms with Crippen molar-refractivity contribution in [1.29, 1.82) is 0 Å². The number of rotatable bonds is 2. The molecule has 4 atom stereocenters. The first-order valence-corrected chi connectivity index (χ1v) is 6.95. The Balaban J connectivity index is 1.75. The lowest BCUT2D eigenvalue weighted by atomic mass is 9.97. The van der Waals surface area contributed by atoms with Crippen molar-refractivity contribution < 1.29 is 5.11 Å². The molecule has 4 unspecified atom stereocenters. The van der Waals surface area contributed by atoms with Gasteiger partial charge in [0.05, 0.1) is 6.10 Å². The summed E-state index contributed by atoms with van der Waals surface area (Å²) in [6.45, 7) is 0.885. The third kappa shape index (κ3) is 2.28. The normalized spacial score (nSPS) is 35.9. The van der Waals surface area contributed by atoms with Crippen LogP contribution in [0.25, 0.3) is 0 Å². The number of aliphatic hydroxyl groups excluding tert-OH is 1. The number of hydrogen-bond acceptors (Lipinski definition) is 3. The molecule has 0 aliphatic carbocycles. The summed E-state index contributed by atoms with van der Waals surface area (Å²) in [6, 6.07) is 8.87. The zero-order chi connectivity index (χ0) is 12.7. The number of aliphatic hydroxyl groups is 1. The van der Waals surface area contributed by atoms with Crippen LogP contribution in [0.4, 0.5) is 0 Å². The Morgan fingerprint density at radius 3 is 2.61 bits per heavy atom. The Bertz CT molecular complexity index is 420. The molecule has 2 heterocycles. The number of fused-ring (bicyclic) bond motifs is 2. The van der Waals surface area contributed by atoms with Crippen molar-refractivity contribution in [2.45, 2.75) is 50.0 Å². The van der Waals surface area contributed by atoms with Crippen LogP contribution >= 0.6 is 11.6 Å². The Kier molecular flexibility index (Phi) is 3.32. The van der Waals surface area contributed by atoms with Gasteiger partial charge in [-0.1, -0.05) is 23.7 Å². The standard InChI is InChI=1S/C14H19ClN2O/c15-10-3-1-9(2-4-10)8-17-12-5-11(16)6-13(17)14(18)7-12/h1-4,11-14,18H,5-8,16H2. The van der Waals surface area contributed by atoms with Crippen molar-refractivity contribution >= 4 is 11.6 Å².